The molecule has 1 fully saturated rings. The summed E-state index contributed by atoms with van der Waals surface area (Å²) in [6.45, 7) is 2.89. The molecule has 0 amide bonds. The van der Waals surface area contributed by atoms with Crippen LogP contribution in [0.15, 0.2) is 59.5 Å². The lowest BCUT2D eigenvalue weighted by Gasteiger charge is -2.34. The first-order chi connectivity index (χ1) is 13.5. The van der Waals surface area contributed by atoms with Crippen molar-refractivity contribution in [2.45, 2.75) is 11.4 Å². The Hall–Kier alpha value is -2.42. The molecule has 2 aromatic carbocycles. The maximum Gasteiger partial charge on any atom is 0.343 e. The van der Waals surface area contributed by atoms with Crippen LogP contribution < -0.4 is 4.74 Å². The fourth-order valence-corrected chi connectivity index (χ4v) is 4.45. The molecule has 3 rings (SSSR count). The first kappa shape index (κ1) is 20.3. The van der Waals surface area contributed by atoms with Crippen LogP contribution in [0.25, 0.3) is 0 Å². The minimum absolute atomic E-state index is 0.216. The van der Waals surface area contributed by atoms with E-state index in [1.165, 1.54) is 29.1 Å². The molecule has 0 spiro atoms. The van der Waals surface area contributed by atoms with Gasteiger partial charge in [-0.3, -0.25) is 4.90 Å². The van der Waals surface area contributed by atoms with Crippen molar-refractivity contribution >= 4 is 16.0 Å². The molecule has 0 saturated carbocycles. The zero-order valence-electron chi connectivity index (χ0n) is 15.8. The van der Waals surface area contributed by atoms with Gasteiger partial charge in [-0.2, -0.15) is 4.31 Å². The Kier molecular flexibility index (Phi) is 6.66. The van der Waals surface area contributed by atoms with Gasteiger partial charge in [-0.05, 0) is 29.8 Å². The molecular weight excluding hydrogens is 380 g/mol. The van der Waals surface area contributed by atoms with Crippen LogP contribution in [-0.4, -0.2) is 63.5 Å². The summed E-state index contributed by atoms with van der Waals surface area (Å²) in [4.78, 5) is 13.6. The molecule has 0 atom stereocenters. The molecular formula is C20H24N2O5S. The molecule has 28 heavy (non-hydrogen) atoms. The van der Waals surface area contributed by atoms with E-state index < -0.39 is 16.0 Å². The van der Waals surface area contributed by atoms with E-state index in [-0.39, 0.29) is 11.5 Å². The Balaban J connectivity index is 1.57. The van der Waals surface area contributed by atoms with Crippen LogP contribution in [0.5, 0.6) is 5.75 Å². The quantitative estimate of drug-likeness (QED) is 0.655. The Bertz CT molecular complexity index is 877. The second kappa shape index (κ2) is 9.18. The third-order valence-electron chi connectivity index (χ3n) is 4.63. The first-order valence-corrected chi connectivity index (χ1v) is 10.5. The number of hydrogen-bond acceptors (Lipinski definition) is 6. The SMILES string of the molecule is COC(=O)COc1ccc(S(=O)(=O)N2CCN(Cc3ccccc3)CC2)cc1. The standard InChI is InChI=1S/C20H24N2O5S/c1-26-20(23)16-27-18-7-9-19(10-8-18)28(24,25)22-13-11-21(12-14-22)15-17-5-3-2-4-6-17/h2-10H,11-16H2,1H3. The molecule has 1 aliphatic rings. The number of sulfonamides is 1. The fourth-order valence-electron chi connectivity index (χ4n) is 3.03. The van der Waals surface area contributed by atoms with E-state index in [2.05, 4.69) is 21.8 Å². The lowest BCUT2D eigenvalue weighted by molar-refractivity contribution is -0.142. The topological polar surface area (TPSA) is 76.1 Å². The van der Waals surface area contributed by atoms with Gasteiger partial charge in [-0.25, -0.2) is 13.2 Å². The maximum atomic E-state index is 12.9. The van der Waals surface area contributed by atoms with Crippen LogP contribution in [0, 0.1) is 0 Å². The lowest BCUT2D eigenvalue weighted by Crippen LogP contribution is -2.48. The predicted octanol–water partition coefficient (Wildman–Crippen LogP) is 1.74. The number of hydrogen-bond donors (Lipinski definition) is 0. The molecule has 1 heterocycles. The third kappa shape index (κ3) is 5.09. The Morgan fingerprint density at radius 1 is 0.964 bits per heavy atom. The van der Waals surface area contributed by atoms with E-state index in [1.807, 2.05) is 18.2 Å². The molecule has 0 aliphatic carbocycles. The van der Waals surface area contributed by atoms with Crippen LogP contribution in [-0.2, 0) is 26.1 Å². The highest BCUT2D eigenvalue weighted by Crippen LogP contribution is 2.21. The lowest BCUT2D eigenvalue weighted by atomic mass is 10.2. The van der Waals surface area contributed by atoms with Gasteiger partial charge in [0.05, 0.1) is 12.0 Å². The molecule has 7 nitrogen and oxygen atoms in total. The van der Waals surface area contributed by atoms with Gasteiger partial charge in [0.2, 0.25) is 10.0 Å². The summed E-state index contributed by atoms with van der Waals surface area (Å²) in [5, 5.41) is 0. The van der Waals surface area contributed by atoms with Gasteiger partial charge in [-0.1, -0.05) is 30.3 Å². The fraction of sp³-hybridized carbons (Fsp3) is 0.350. The minimum Gasteiger partial charge on any atom is -0.482 e. The summed E-state index contributed by atoms with van der Waals surface area (Å²) in [6, 6.07) is 16.2. The predicted molar refractivity (Wildman–Crippen MR) is 104 cm³/mol. The van der Waals surface area contributed by atoms with E-state index in [0.29, 0.717) is 31.9 Å². The largest absolute Gasteiger partial charge is 0.482 e. The van der Waals surface area contributed by atoms with Crippen LogP contribution in [0.2, 0.25) is 0 Å². The highest BCUT2D eigenvalue weighted by Gasteiger charge is 2.28. The molecule has 150 valence electrons. The Labute approximate surface area is 165 Å². The molecule has 0 unspecified atom stereocenters. The van der Waals surface area contributed by atoms with E-state index in [4.69, 9.17) is 4.74 Å². The molecule has 8 heteroatoms. The van der Waals surface area contributed by atoms with Crippen LogP contribution >= 0.6 is 0 Å². The van der Waals surface area contributed by atoms with Gasteiger partial charge in [0.1, 0.15) is 5.75 Å². The van der Waals surface area contributed by atoms with Crippen LogP contribution in [0.3, 0.4) is 0 Å². The summed E-state index contributed by atoms with van der Waals surface area (Å²) in [7, 11) is -2.27. The van der Waals surface area contributed by atoms with Crippen LogP contribution in [0.4, 0.5) is 0 Å². The van der Waals surface area contributed by atoms with Crippen molar-refractivity contribution in [2.24, 2.45) is 0 Å². The molecule has 1 saturated heterocycles. The van der Waals surface area contributed by atoms with Crippen molar-refractivity contribution in [3.63, 3.8) is 0 Å². The highest BCUT2D eigenvalue weighted by molar-refractivity contribution is 7.89. The van der Waals surface area contributed by atoms with Gasteiger partial charge in [0.15, 0.2) is 6.61 Å². The van der Waals surface area contributed by atoms with Gasteiger partial charge < -0.3 is 9.47 Å². The first-order valence-electron chi connectivity index (χ1n) is 9.05. The molecule has 0 bridgehead atoms. The number of esters is 1. The zero-order valence-corrected chi connectivity index (χ0v) is 16.6. The van der Waals surface area contributed by atoms with Crippen LogP contribution in [0.1, 0.15) is 5.56 Å². The molecule has 1 aliphatic heterocycles. The molecule has 0 N–H and O–H groups in total. The Morgan fingerprint density at radius 3 is 2.21 bits per heavy atom. The average molecular weight is 404 g/mol. The van der Waals surface area contributed by atoms with Crippen molar-refractivity contribution in [3.05, 3.63) is 60.2 Å². The summed E-state index contributed by atoms with van der Waals surface area (Å²) in [5.41, 5.74) is 1.22. The summed E-state index contributed by atoms with van der Waals surface area (Å²) >= 11 is 0. The van der Waals surface area contributed by atoms with E-state index in [0.717, 1.165) is 6.54 Å². The van der Waals surface area contributed by atoms with Gasteiger partial charge in [-0.15, -0.1) is 0 Å². The Morgan fingerprint density at radius 2 is 1.61 bits per heavy atom. The van der Waals surface area contributed by atoms with Crippen molar-refractivity contribution in [1.29, 1.82) is 0 Å². The normalized spacial score (nSPS) is 15.9. The highest BCUT2D eigenvalue weighted by atomic mass is 32.2. The minimum atomic E-state index is -3.55. The smallest absolute Gasteiger partial charge is 0.343 e. The van der Waals surface area contributed by atoms with Gasteiger partial charge in [0.25, 0.3) is 0 Å². The summed E-state index contributed by atoms with van der Waals surface area (Å²) in [5.74, 6) is -0.0814. The number of methoxy groups -OCH3 is 1. The average Bonchev–Trinajstić information content (AvgIpc) is 2.73. The molecule has 0 aromatic heterocycles. The monoisotopic (exact) mass is 404 g/mol. The summed E-state index contributed by atoms with van der Waals surface area (Å²) < 4.78 is 37.0. The van der Waals surface area contributed by atoms with Gasteiger partial charge >= 0.3 is 5.97 Å². The number of carbonyl (C=O) groups is 1. The van der Waals surface area contributed by atoms with Crippen molar-refractivity contribution in [1.82, 2.24) is 9.21 Å². The second-order valence-corrected chi connectivity index (χ2v) is 8.44. The maximum absolute atomic E-state index is 12.9. The number of benzene rings is 2. The van der Waals surface area contributed by atoms with E-state index in [1.54, 1.807) is 12.1 Å². The number of piperazine rings is 1. The van der Waals surface area contributed by atoms with E-state index >= 15 is 0 Å². The number of nitrogens with zero attached hydrogens (tertiary/aromatic N) is 2. The van der Waals surface area contributed by atoms with Gasteiger partial charge in [0, 0.05) is 32.7 Å². The van der Waals surface area contributed by atoms with Crippen molar-refractivity contribution in [2.75, 3.05) is 39.9 Å². The summed E-state index contributed by atoms with van der Waals surface area (Å²) in [6.07, 6.45) is 0. The molecule has 0 radical (unpaired) electrons. The van der Waals surface area contributed by atoms with E-state index in [9.17, 15) is 13.2 Å². The number of ether oxygens (including phenoxy) is 2. The van der Waals surface area contributed by atoms with Crippen molar-refractivity contribution in [3.8, 4) is 5.75 Å². The van der Waals surface area contributed by atoms with Crippen molar-refractivity contribution < 1.29 is 22.7 Å². The molecule has 2 aromatic rings. The number of rotatable bonds is 7. The zero-order chi connectivity index (χ0) is 20.0. The third-order valence-corrected chi connectivity index (χ3v) is 6.54. The number of carbonyl (C=O) groups excluding carboxylic acids is 1. The second-order valence-electron chi connectivity index (χ2n) is 6.50.